The first kappa shape index (κ1) is 60.6. The predicted molar refractivity (Wildman–Crippen MR) is 270 cm³/mol. The highest BCUT2D eigenvalue weighted by Gasteiger charge is 2.19. The second-order valence-corrected chi connectivity index (χ2v) is 18.5. The zero-order valence-corrected chi connectivity index (χ0v) is 42.1. The molecule has 0 radical (unpaired) electrons. The molecule has 0 aromatic heterocycles. The Morgan fingerprint density at radius 2 is 0.619 bits per heavy atom. The molecule has 0 bridgehead atoms. The Bertz CT molecular complexity index is 1060. The molecule has 0 N–H and O–H groups in total. The van der Waals surface area contributed by atoms with Crippen molar-refractivity contribution in [1.82, 2.24) is 0 Å². The lowest BCUT2D eigenvalue weighted by atomic mass is 10.0. The SMILES string of the molecule is CC/C=C\C/C=C\C/C=C\CCCCCCCC(=O)OC(COC(=O)CCCCCCCCCCCCCCCC)COC(=O)CCCCCCCCCCCCCCCCCC. The van der Waals surface area contributed by atoms with Crippen molar-refractivity contribution in [1.29, 1.82) is 0 Å². The molecule has 0 amide bonds. The Kier molecular flexibility index (Phi) is 50.3. The molecule has 0 fully saturated rings. The van der Waals surface area contributed by atoms with E-state index in [1.54, 1.807) is 0 Å². The summed E-state index contributed by atoms with van der Waals surface area (Å²) in [6.45, 7) is 6.55. The first-order chi connectivity index (χ1) is 31.0. The van der Waals surface area contributed by atoms with Crippen LogP contribution in [0.3, 0.4) is 0 Å². The summed E-state index contributed by atoms with van der Waals surface area (Å²) in [6, 6.07) is 0. The molecule has 0 aromatic rings. The minimum atomic E-state index is -0.776. The number of hydrogen-bond acceptors (Lipinski definition) is 6. The van der Waals surface area contributed by atoms with E-state index < -0.39 is 6.10 Å². The fourth-order valence-electron chi connectivity index (χ4n) is 8.05. The van der Waals surface area contributed by atoms with Crippen molar-refractivity contribution in [2.75, 3.05) is 13.2 Å². The van der Waals surface area contributed by atoms with E-state index in [2.05, 4.69) is 57.2 Å². The van der Waals surface area contributed by atoms with Gasteiger partial charge in [-0.05, 0) is 51.4 Å². The van der Waals surface area contributed by atoms with Gasteiger partial charge in [0.2, 0.25) is 0 Å². The van der Waals surface area contributed by atoms with Crippen LogP contribution in [0.15, 0.2) is 36.5 Å². The van der Waals surface area contributed by atoms with E-state index in [0.29, 0.717) is 19.3 Å². The van der Waals surface area contributed by atoms with E-state index in [1.165, 1.54) is 154 Å². The largest absolute Gasteiger partial charge is 0.462 e. The van der Waals surface area contributed by atoms with Gasteiger partial charge in [0, 0.05) is 19.3 Å². The number of rotatable bonds is 50. The summed E-state index contributed by atoms with van der Waals surface area (Å²) in [6.07, 6.45) is 61.3. The van der Waals surface area contributed by atoms with Crippen molar-refractivity contribution in [2.24, 2.45) is 0 Å². The van der Waals surface area contributed by atoms with Gasteiger partial charge in [0.15, 0.2) is 6.10 Å². The molecule has 0 rings (SSSR count). The standard InChI is InChI=1S/C57H104O6/c1-4-7-10-13-16-19-22-25-28-30-32-35-38-41-44-47-50-56(59)62-53-54(52-61-55(58)49-46-43-40-37-34-31-27-24-21-18-15-12-9-6-3)63-57(60)51-48-45-42-39-36-33-29-26-23-20-17-14-11-8-5-2/h8,11,17,20,26,29,54H,4-7,9-10,12-16,18-19,21-25,27-28,30-53H2,1-3H3/b11-8-,20-17-,29-26-. The molecule has 63 heavy (non-hydrogen) atoms. The number of ether oxygens (including phenoxy) is 3. The minimum Gasteiger partial charge on any atom is -0.462 e. The lowest BCUT2D eigenvalue weighted by molar-refractivity contribution is -0.167. The molecule has 1 unspecified atom stereocenters. The van der Waals surface area contributed by atoms with Gasteiger partial charge < -0.3 is 14.2 Å². The number of esters is 3. The molecule has 0 aliphatic carbocycles. The Morgan fingerprint density at radius 1 is 0.333 bits per heavy atom. The highest BCUT2D eigenvalue weighted by atomic mass is 16.6. The van der Waals surface area contributed by atoms with Gasteiger partial charge in [0.25, 0.3) is 0 Å². The molecule has 0 aliphatic heterocycles. The molecule has 0 saturated carbocycles. The topological polar surface area (TPSA) is 78.9 Å². The predicted octanol–water partition coefficient (Wildman–Crippen LogP) is 18.1. The second-order valence-electron chi connectivity index (χ2n) is 18.5. The van der Waals surface area contributed by atoms with E-state index in [1.807, 2.05) is 0 Å². The van der Waals surface area contributed by atoms with Gasteiger partial charge in [-0.3, -0.25) is 14.4 Å². The molecule has 1 atom stereocenters. The zero-order chi connectivity index (χ0) is 45.8. The Hall–Kier alpha value is -2.37. The monoisotopic (exact) mass is 885 g/mol. The van der Waals surface area contributed by atoms with Gasteiger partial charge in [-0.2, -0.15) is 0 Å². The van der Waals surface area contributed by atoms with E-state index in [9.17, 15) is 14.4 Å². The quantitative estimate of drug-likeness (QED) is 0.0262. The first-order valence-corrected chi connectivity index (χ1v) is 27.5. The third-order valence-electron chi connectivity index (χ3n) is 12.2. The summed E-state index contributed by atoms with van der Waals surface area (Å²) in [5.41, 5.74) is 0. The molecule has 0 aliphatic rings. The highest BCUT2D eigenvalue weighted by molar-refractivity contribution is 5.71. The lowest BCUT2D eigenvalue weighted by Gasteiger charge is -2.18. The summed E-state index contributed by atoms with van der Waals surface area (Å²) in [4.78, 5) is 38.1. The van der Waals surface area contributed by atoms with Crippen molar-refractivity contribution in [3.05, 3.63) is 36.5 Å². The summed E-state index contributed by atoms with van der Waals surface area (Å²) in [5.74, 6) is -0.875. The van der Waals surface area contributed by atoms with Crippen LogP contribution in [-0.2, 0) is 28.6 Å². The molecule has 0 spiro atoms. The van der Waals surface area contributed by atoms with Crippen LogP contribution < -0.4 is 0 Å². The average Bonchev–Trinajstić information content (AvgIpc) is 3.28. The maximum absolute atomic E-state index is 12.8. The molecular weight excluding hydrogens is 781 g/mol. The third kappa shape index (κ3) is 50.5. The van der Waals surface area contributed by atoms with Crippen LogP contribution in [-0.4, -0.2) is 37.2 Å². The van der Waals surface area contributed by atoms with E-state index in [-0.39, 0.29) is 31.1 Å². The smallest absolute Gasteiger partial charge is 0.306 e. The molecule has 6 heteroatoms. The summed E-state index contributed by atoms with van der Waals surface area (Å²) < 4.78 is 16.8. The maximum Gasteiger partial charge on any atom is 0.306 e. The van der Waals surface area contributed by atoms with E-state index in [4.69, 9.17) is 14.2 Å². The Balaban J connectivity index is 4.36. The average molecular weight is 885 g/mol. The van der Waals surface area contributed by atoms with Gasteiger partial charge in [0.05, 0.1) is 0 Å². The van der Waals surface area contributed by atoms with Gasteiger partial charge in [0.1, 0.15) is 13.2 Å². The first-order valence-electron chi connectivity index (χ1n) is 27.5. The summed E-state index contributed by atoms with van der Waals surface area (Å²) in [5, 5.41) is 0. The fourth-order valence-corrected chi connectivity index (χ4v) is 8.05. The van der Waals surface area contributed by atoms with Gasteiger partial charge in [-0.15, -0.1) is 0 Å². The van der Waals surface area contributed by atoms with Crippen LogP contribution in [0.1, 0.15) is 290 Å². The Labute approximate surface area is 391 Å². The number of hydrogen-bond donors (Lipinski definition) is 0. The lowest BCUT2D eigenvalue weighted by Crippen LogP contribution is -2.30. The highest BCUT2D eigenvalue weighted by Crippen LogP contribution is 2.16. The molecule has 6 nitrogen and oxygen atoms in total. The van der Waals surface area contributed by atoms with Crippen LogP contribution in [0.2, 0.25) is 0 Å². The molecule has 368 valence electrons. The summed E-state index contributed by atoms with van der Waals surface area (Å²) in [7, 11) is 0. The molecule has 0 heterocycles. The zero-order valence-electron chi connectivity index (χ0n) is 42.1. The molecule has 0 aromatic carbocycles. The third-order valence-corrected chi connectivity index (χ3v) is 12.2. The van der Waals surface area contributed by atoms with Crippen molar-refractivity contribution in [3.8, 4) is 0 Å². The fraction of sp³-hybridized carbons (Fsp3) is 0.842. The van der Waals surface area contributed by atoms with Crippen molar-refractivity contribution < 1.29 is 28.6 Å². The normalized spacial score (nSPS) is 12.2. The minimum absolute atomic E-state index is 0.0746. The van der Waals surface area contributed by atoms with Gasteiger partial charge >= 0.3 is 17.9 Å². The number of carbonyl (C=O) groups excluding carboxylic acids is 3. The van der Waals surface area contributed by atoms with Crippen molar-refractivity contribution in [2.45, 2.75) is 297 Å². The molecular formula is C57H104O6. The number of allylic oxidation sites excluding steroid dienone is 6. The van der Waals surface area contributed by atoms with Crippen molar-refractivity contribution >= 4 is 17.9 Å². The van der Waals surface area contributed by atoms with E-state index in [0.717, 1.165) is 96.3 Å². The van der Waals surface area contributed by atoms with E-state index >= 15 is 0 Å². The second kappa shape index (κ2) is 52.3. The number of carbonyl (C=O) groups is 3. The van der Waals surface area contributed by atoms with Crippen molar-refractivity contribution in [3.63, 3.8) is 0 Å². The van der Waals surface area contributed by atoms with Crippen LogP contribution in [0, 0.1) is 0 Å². The Morgan fingerprint density at radius 3 is 0.968 bits per heavy atom. The van der Waals surface area contributed by atoms with Crippen LogP contribution in [0.5, 0.6) is 0 Å². The number of unbranched alkanes of at least 4 members (excludes halogenated alkanes) is 33. The van der Waals surface area contributed by atoms with Crippen LogP contribution in [0.4, 0.5) is 0 Å². The van der Waals surface area contributed by atoms with Gasteiger partial charge in [-0.1, -0.05) is 256 Å². The van der Waals surface area contributed by atoms with Crippen LogP contribution >= 0.6 is 0 Å². The van der Waals surface area contributed by atoms with Crippen LogP contribution in [0.25, 0.3) is 0 Å². The summed E-state index contributed by atoms with van der Waals surface area (Å²) >= 11 is 0. The maximum atomic E-state index is 12.8. The molecule has 0 saturated heterocycles. The van der Waals surface area contributed by atoms with Gasteiger partial charge in [-0.25, -0.2) is 0 Å².